The van der Waals surface area contributed by atoms with Crippen molar-refractivity contribution in [2.24, 2.45) is 0 Å². The SMILES string of the molecule is COc1cc2c3c(c1O)-c1c(O)cccc1C[C@H]3N(C)CC2. The molecule has 0 radical (unpaired) electrons. The molecule has 1 aliphatic heterocycles. The number of phenols is 2. The minimum atomic E-state index is 0.129. The zero-order valence-corrected chi connectivity index (χ0v) is 12.8. The van der Waals surface area contributed by atoms with E-state index in [1.54, 1.807) is 13.2 Å². The maximum absolute atomic E-state index is 10.7. The Morgan fingerprint density at radius 2 is 2.00 bits per heavy atom. The highest BCUT2D eigenvalue weighted by Crippen LogP contribution is 2.53. The van der Waals surface area contributed by atoms with Crippen LogP contribution in [0.3, 0.4) is 0 Å². The second-order valence-corrected chi connectivity index (χ2v) is 6.14. The highest BCUT2D eigenvalue weighted by Gasteiger charge is 2.36. The van der Waals surface area contributed by atoms with Gasteiger partial charge in [0.2, 0.25) is 0 Å². The number of phenolic OH excluding ortho intramolecular Hbond substituents is 2. The Kier molecular flexibility index (Phi) is 2.84. The lowest BCUT2D eigenvalue weighted by molar-refractivity contribution is 0.226. The largest absolute Gasteiger partial charge is 0.507 e. The zero-order chi connectivity index (χ0) is 15.4. The van der Waals surface area contributed by atoms with Crippen molar-refractivity contribution in [1.82, 2.24) is 4.90 Å². The average molecular weight is 297 g/mol. The van der Waals surface area contributed by atoms with Crippen molar-refractivity contribution in [2.75, 3.05) is 20.7 Å². The van der Waals surface area contributed by atoms with Crippen LogP contribution < -0.4 is 4.74 Å². The summed E-state index contributed by atoms with van der Waals surface area (Å²) in [5.41, 5.74) is 4.91. The molecule has 0 amide bonds. The summed E-state index contributed by atoms with van der Waals surface area (Å²) in [6, 6.07) is 7.75. The third-order valence-corrected chi connectivity index (χ3v) is 5.00. The number of fused-ring (bicyclic) bond motifs is 2. The van der Waals surface area contributed by atoms with Crippen molar-refractivity contribution in [3.63, 3.8) is 0 Å². The second-order valence-electron chi connectivity index (χ2n) is 6.14. The number of rotatable bonds is 1. The third-order valence-electron chi connectivity index (χ3n) is 5.00. The lowest BCUT2D eigenvalue weighted by Gasteiger charge is -2.40. The first-order chi connectivity index (χ1) is 10.6. The van der Waals surface area contributed by atoms with E-state index >= 15 is 0 Å². The Labute approximate surface area is 129 Å². The van der Waals surface area contributed by atoms with E-state index in [1.807, 2.05) is 18.2 Å². The van der Waals surface area contributed by atoms with Crippen LogP contribution in [-0.4, -0.2) is 35.8 Å². The van der Waals surface area contributed by atoms with E-state index in [9.17, 15) is 10.2 Å². The quantitative estimate of drug-likeness (QED) is 0.850. The van der Waals surface area contributed by atoms with Crippen LogP contribution in [0, 0.1) is 0 Å². The maximum atomic E-state index is 10.7. The smallest absolute Gasteiger partial charge is 0.166 e. The second kappa shape index (κ2) is 4.65. The summed E-state index contributed by atoms with van der Waals surface area (Å²) in [6.45, 7) is 0.985. The van der Waals surface area contributed by atoms with Gasteiger partial charge >= 0.3 is 0 Å². The number of likely N-dealkylation sites (N-methyl/N-ethyl adjacent to an activating group) is 1. The summed E-state index contributed by atoms with van der Waals surface area (Å²) < 4.78 is 5.35. The van der Waals surface area contributed by atoms with Crippen LogP contribution >= 0.6 is 0 Å². The van der Waals surface area contributed by atoms with Crippen molar-refractivity contribution >= 4 is 0 Å². The molecular weight excluding hydrogens is 278 g/mol. The molecule has 1 aliphatic carbocycles. The van der Waals surface area contributed by atoms with Gasteiger partial charge in [-0.05, 0) is 48.7 Å². The van der Waals surface area contributed by atoms with Gasteiger partial charge in [0.25, 0.3) is 0 Å². The fourth-order valence-corrected chi connectivity index (χ4v) is 3.90. The molecule has 0 bridgehead atoms. The van der Waals surface area contributed by atoms with Crippen molar-refractivity contribution in [3.05, 3.63) is 41.0 Å². The van der Waals surface area contributed by atoms with Crippen LogP contribution in [0.2, 0.25) is 0 Å². The van der Waals surface area contributed by atoms with Crippen LogP contribution in [0.1, 0.15) is 22.7 Å². The van der Waals surface area contributed by atoms with Gasteiger partial charge in [-0.3, -0.25) is 4.90 Å². The average Bonchev–Trinajstić information content (AvgIpc) is 2.52. The predicted molar refractivity (Wildman–Crippen MR) is 84.5 cm³/mol. The summed E-state index contributed by atoms with van der Waals surface area (Å²) in [4.78, 5) is 2.32. The summed E-state index contributed by atoms with van der Waals surface area (Å²) in [6.07, 6.45) is 1.78. The van der Waals surface area contributed by atoms with Crippen molar-refractivity contribution in [2.45, 2.75) is 18.9 Å². The Hall–Kier alpha value is -2.20. The number of methoxy groups -OCH3 is 1. The first kappa shape index (κ1) is 13.5. The van der Waals surface area contributed by atoms with Crippen LogP contribution in [-0.2, 0) is 12.8 Å². The van der Waals surface area contributed by atoms with Gasteiger partial charge in [0.05, 0.1) is 7.11 Å². The van der Waals surface area contributed by atoms with Gasteiger partial charge in [0, 0.05) is 23.7 Å². The predicted octanol–water partition coefficient (Wildman–Crippen LogP) is 2.86. The Morgan fingerprint density at radius 1 is 1.18 bits per heavy atom. The lowest BCUT2D eigenvalue weighted by Crippen LogP contribution is -2.35. The van der Waals surface area contributed by atoms with Crippen molar-refractivity contribution in [3.8, 4) is 28.4 Å². The molecule has 0 spiro atoms. The van der Waals surface area contributed by atoms with Crippen LogP contribution in [0.15, 0.2) is 24.3 Å². The Bertz CT molecular complexity index is 769. The normalized spacial score (nSPS) is 19.5. The molecular formula is C18H19NO3. The molecule has 1 atom stereocenters. The number of aromatic hydroxyl groups is 2. The molecule has 2 N–H and O–H groups in total. The number of ether oxygens (including phenoxy) is 1. The van der Waals surface area contributed by atoms with Gasteiger partial charge in [-0.15, -0.1) is 0 Å². The Balaban J connectivity index is 2.11. The van der Waals surface area contributed by atoms with E-state index in [0.717, 1.165) is 41.6 Å². The molecule has 4 nitrogen and oxygen atoms in total. The summed E-state index contributed by atoms with van der Waals surface area (Å²) in [5, 5.41) is 21.1. The van der Waals surface area contributed by atoms with E-state index in [-0.39, 0.29) is 17.5 Å². The monoisotopic (exact) mass is 297 g/mol. The maximum Gasteiger partial charge on any atom is 0.166 e. The van der Waals surface area contributed by atoms with E-state index < -0.39 is 0 Å². The minimum Gasteiger partial charge on any atom is -0.507 e. The van der Waals surface area contributed by atoms with Gasteiger partial charge in [0.15, 0.2) is 11.5 Å². The van der Waals surface area contributed by atoms with Crippen LogP contribution in [0.25, 0.3) is 11.1 Å². The first-order valence-electron chi connectivity index (χ1n) is 7.56. The fraction of sp³-hybridized carbons (Fsp3) is 0.333. The number of hydrogen-bond acceptors (Lipinski definition) is 4. The molecule has 2 aliphatic rings. The van der Waals surface area contributed by atoms with Crippen molar-refractivity contribution < 1.29 is 14.9 Å². The molecule has 0 aromatic heterocycles. The van der Waals surface area contributed by atoms with Crippen LogP contribution in [0.5, 0.6) is 17.2 Å². The molecule has 1 heterocycles. The minimum absolute atomic E-state index is 0.129. The molecule has 0 saturated carbocycles. The summed E-state index contributed by atoms with van der Waals surface area (Å²) in [7, 11) is 3.68. The number of hydrogen-bond donors (Lipinski definition) is 2. The molecule has 2 aromatic carbocycles. The van der Waals surface area contributed by atoms with Gasteiger partial charge in [-0.25, -0.2) is 0 Å². The Morgan fingerprint density at radius 3 is 2.77 bits per heavy atom. The van der Waals surface area contributed by atoms with E-state index in [1.165, 1.54) is 5.56 Å². The molecule has 4 rings (SSSR count). The molecule has 4 heteroatoms. The van der Waals surface area contributed by atoms with E-state index in [2.05, 4.69) is 11.9 Å². The van der Waals surface area contributed by atoms with Gasteiger partial charge in [0.1, 0.15) is 5.75 Å². The number of benzene rings is 2. The van der Waals surface area contributed by atoms with Gasteiger partial charge in [-0.2, -0.15) is 0 Å². The highest BCUT2D eigenvalue weighted by molar-refractivity contribution is 5.86. The van der Waals surface area contributed by atoms with Gasteiger partial charge in [-0.1, -0.05) is 12.1 Å². The molecule has 0 saturated heterocycles. The third kappa shape index (κ3) is 1.67. The highest BCUT2D eigenvalue weighted by atomic mass is 16.5. The molecule has 22 heavy (non-hydrogen) atoms. The molecule has 2 aromatic rings. The summed E-state index contributed by atoms with van der Waals surface area (Å²) >= 11 is 0. The first-order valence-corrected chi connectivity index (χ1v) is 7.56. The van der Waals surface area contributed by atoms with Crippen LogP contribution in [0.4, 0.5) is 0 Å². The molecule has 114 valence electrons. The van der Waals surface area contributed by atoms with Crippen molar-refractivity contribution in [1.29, 1.82) is 0 Å². The van der Waals surface area contributed by atoms with Gasteiger partial charge < -0.3 is 14.9 Å². The lowest BCUT2D eigenvalue weighted by atomic mass is 9.76. The topological polar surface area (TPSA) is 52.9 Å². The zero-order valence-electron chi connectivity index (χ0n) is 12.8. The number of nitrogens with zero attached hydrogens (tertiary/aromatic N) is 1. The van der Waals surface area contributed by atoms with E-state index in [0.29, 0.717) is 5.75 Å². The van der Waals surface area contributed by atoms with E-state index in [4.69, 9.17) is 4.74 Å². The fourth-order valence-electron chi connectivity index (χ4n) is 3.90. The standard InChI is InChI=1S/C18H19NO3/c1-19-7-6-11-9-14(22-2)18(21)17-15(11)12(19)8-10-4-3-5-13(20)16(10)17/h3-5,9,12,20-21H,6-8H2,1-2H3/t12-/m1/s1. The summed E-state index contributed by atoms with van der Waals surface area (Å²) in [5.74, 6) is 0.826. The molecule has 0 unspecified atom stereocenters. The molecule has 0 fully saturated rings.